The number of nitrogens with zero attached hydrogens (tertiary/aromatic N) is 2. The van der Waals surface area contributed by atoms with Gasteiger partial charge in [-0.15, -0.1) is 0 Å². The van der Waals surface area contributed by atoms with Crippen molar-refractivity contribution in [1.82, 2.24) is 5.43 Å². The van der Waals surface area contributed by atoms with E-state index in [0.29, 0.717) is 28.2 Å². The predicted molar refractivity (Wildman–Crippen MR) is 92.4 cm³/mol. The molecule has 25 heavy (non-hydrogen) atoms. The summed E-state index contributed by atoms with van der Waals surface area (Å²) < 4.78 is 10.2. The highest BCUT2D eigenvalue weighted by molar-refractivity contribution is 5.95. The molecule has 8 nitrogen and oxygen atoms in total. The van der Waals surface area contributed by atoms with Crippen molar-refractivity contribution in [2.45, 2.75) is 6.92 Å². The highest BCUT2D eigenvalue weighted by Crippen LogP contribution is 2.27. The van der Waals surface area contributed by atoms with Gasteiger partial charge >= 0.3 is 0 Å². The first kappa shape index (κ1) is 17.9. The van der Waals surface area contributed by atoms with Gasteiger partial charge in [0.2, 0.25) is 0 Å². The molecule has 1 amide bonds. The second-order valence-electron chi connectivity index (χ2n) is 5.07. The van der Waals surface area contributed by atoms with Crippen molar-refractivity contribution < 1.29 is 19.2 Å². The summed E-state index contributed by atoms with van der Waals surface area (Å²) in [5.41, 5.74) is 3.75. The van der Waals surface area contributed by atoms with Crippen LogP contribution in [0.4, 0.5) is 5.69 Å². The maximum atomic E-state index is 12.1. The molecule has 0 aromatic heterocycles. The number of hydrogen-bond donors (Lipinski definition) is 1. The van der Waals surface area contributed by atoms with E-state index in [0.717, 1.165) is 0 Å². The molecule has 1 N–H and O–H groups in total. The van der Waals surface area contributed by atoms with Crippen LogP contribution in [0.15, 0.2) is 41.5 Å². The van der Waals surface area contributed by atoms with Crippen LogP contribution in [0.2, 0.25) is 0 Å². The Kier molecular flexibility index (Phi) is 5.67. The van der Waals surface area contributed by atoms with Crippen LogP contribution < -0.4 is 14.9 Å². The van der Waals surface area contributed by atoms with Gasteiger partial charge in [-0.25, -0.2) is 5.43 Å². The second-order valence-corrected chi connectivity index (χ2v) is 5.07. The zero-order valence-corrected chi connectivity index (χ0v) is 14.0. The van der Waals surface area contributed by atoms with E-state index < -0.39 is 10.8 Å². The van der Waals surface area contributed by atoms with Crippen LogP contribution in [0.1, 0.15) is 21.5 Å². The van der Waals surface area contributed by atoms with E-state index in [-0.39, 0.29) is 5.69 Å². The van der Waals surface area contributed by atoms with Gasteiger partial charge in [0, 0.05) is 22.8 Å². The number of hydrogen-bond acceptors (Lipinski definition) is 6. The molecule has 2 rings (SSSR count). The van der Waals surface area contributed by atoms with E-state index in [1.165, 1.54) is 32.6 Å². The van der Waals surface area contributed by atoms with Crippen LogP contribution in [0.5, 0.6) is 11.5 Å². The van der Waals surface area contributed by atoms with Crippen molar-refractivity contribution in [3.63, 3.8) is 0 Å². The molecule has 130 valence electrons. The molecule has 0 saturated heterocycles. The third-order valence-corrected chi connectivity index (χ3v) is 3.46. The summed E-state index contributed by atoms with van der Waals surface area (Å²) in [7, 11) is 2.98. The minimum absolute atomic E-state index is 0.00447. The molecule has 0 atom stereocenters. The number of benzene rings is 2. The minimum Gasteiger partial charge on any atom is -0.493 e. The summed E-state index contributed by atoms with van der Waals surface area (Å²) in [6.07, 6.45) is 1.34. The highest BCUT2D eigenvalue weighted by Gasteiger charge is 2.11. The number of carbonyl (C=O) groups excluding carboxylic acids is 1. The maximum absolute atomic E-state index is 12.1. The summed E-state index contributed by atoms with van der Waals surface area (Å²) in [6, 6.07) is 9.40. The average molecular weight is 343 g/mol. The molecule has 0 bridgehead atoms. The molecule has 0 aliphatic rings. The molecule has 2 aromatic rings. The third-order valence-electron chi connectivity index (χ3n) is 3.46. The van der Waals surface area contributed by atoms with E-state index >= 15 is 0 Å². The van der Waals surface area contributed by atoms with Crippen LogP contribution in [0, 0.1) is 17.0 Å². The van der Waals surface area contributed by atoms with Crippen molar-refractivity contribution in [1.29, 1.82) is 0 Å². The zero-order valence-electron chi connectivity index (χ0n) is 14.0. The second kappa shape index (κ2) is 7.91. The molecule has 0 radical (unpaired) electrons. The first-order valence-electron chi connectivity index (χ1n) is 7.26. The van der Waals surface area contributed by atoms with Crippen molar-refractivity contribution >= 4 is 17.8 Å². The van der Waals surface area contributed by atoms with Crippen molar-refractivity contribution in [3.8, 4) is 11.5 Å². The molecular weight excluding hydrogens is 326 g/mol. The van der Waals surface area contributed by atoms with Gasteiger partial charge in [-0.2, -0.15) is 5.10 Å². The van der Waals surface area contributed by atoms with Crippen LogP contribution in [-0.4, -0.2) is 31.3 Å². The number of ether oxygens (including phenoxy) is 2. The molecule has 0 unspecified atom stereocenters. The number of rotatable bonds is 6. The van der Waals surface area contributed by atoms with Crippen LogP contribution in [-0.2, 0) is 0 Å². The third kappa shape index (κ3) is 4.31. The lowest BCUT2D eigenvalue weighted by atomic mass is 10.1. The lowest BCUT2D eigenvalue weighted by Crippen LogP contribution is -2.17. The lowest BCUT2D eigenvalue weighted by Gasteiger charge is -2.08. The van der Waals surface area contributed by atoms with E-state index in [1.54, 1.807) is 31.2 Å². The predicted octanol–water partition coefficient (Wildman–Crippen LogP) is 2.68. The van der Waals surface area contributed by atoms with Crippen molar-refractivity contribution in [2.24, 2.45) is 5.10 Å². The quantitative estimate of drug-likeness (QED) is 0.493. The molecule has 8 heteroatoms. The summed E-state index contributed by atoms with van der Waals surface area (Å²) in [5.74, 6) is 0.488. The van der Waals surface area contributed by atoms with Crippen LogP contribution in [0.25, 0.3) is 0 Å². The van der Waals surface area contributed by atoms with E-state index in [4.69, 9.17) is 9.47 Å². The Morgan fingerprint density at radius 1 is 1.16 bits per heavy atom. The van der Waals surface area contributed by atoms with Gasteiger partial charge < -0.3 is 9.47 Å². The summed E-state index contributed by atoms with van der Waals surface area (Å²) >= 11 is 0. The van der Waals surface area contributed by atoms with Gasteiger partial charge in [0.1, 0.15) is 0 Å². The van der Waals surface area contributed by atoms with Gasteiger partial charge in [-0.1, -0.05) is 12.1 Å². The Hall–Kier alpha value is -3.42. The topological polar surface area (TPSA) is 103 Å². The molecule has 0 saturated carbocycles. The number of nitro groups is 1. The van der Waals surface area contributed by atoms with Gasteiger partial charge in [0.15, 0.2) is 11.5 Å². The largest absolute Gasteiger partial charge is 0.493 e. The summed E-state index contributed by atoms with van der Waals surface area (Å²) in [4.78, 5) is 22.6. The van der Waals surface area contributed by atoms with Crippen LogP contribution >= 0.6 is 0 Å². The number of carbonyl (C=O) groups is 1. The van der Waals surface area contributed by atoms with E-state index in [9.17, 15) is 14.9 Å². The normalized spacial score (nSPS) is 10.5. The fourth-order valence-electron chi connectivity index (χ4n) is 2.11. The molecule has 0 fully saturated rings. The molecule has 0 heterocycles. The van der Waals surface area contributed by atoms with E-state index in [1.807, 2.05) is 0 Å². The number of nitro benzene ring substituents is 1. The first-order chi connectivity index (χ1) is 12.0. The van der Waals surface area contributed by atoms with Crippen molar-refractivity contribution in [3.05, 3.63) is 63.2 Å². The fourth-order valence-corrected chi connectivity index (χ4v) is 2.11. The van der Waals surface area contributed by atoms with E-state index in [2.05, 4.69) is 10.5 Å². The minimum atomic E-state index is -0.463. The number of methoxy groups -OCH3 is 2. The standard InChI is InChI=1S/C17H17N3O5/c1-11-4-5-12(8-14(11)20(22)23)10-18-19-17(21)13-6-7-15(24-2)16(9-13)25-3/h4-10H,1-3H3,(H,19,21)/b18-10-. The lowest BCUT2D eigenvalue weighted by molar-refractivity contribution is -0.385. The average Bonchev–Trinajstić information content (AvgIpc) is 2.62. The molecule has 0 aliphatic heterocycles. The maximum Gasteiger partial charge on any atom is 0.272 e. The van der Waals surface area contributed by atoms with Gasteiger partial charge in [0.25, 0.3) is 11.6 Å². The van der Waals surface area contributed by atoms with Crippen molar-refractivity contribution in [2.75, 3.05) is 14.2 Å². The van der Waals surface area contributed by atoms with Gasteiger partial charge in [-0.3, -0.25) is 14.9 Å². The zero-order chi connectivity index (χ0) is 18.4. The Labute approximate surface area is 144 Å². The first-order valence-corrected chi connectivity index (χ1v) is 7.26. The number of amides is 1. The summed E-state index contributed by atoms with van der Waals surface area (Å²) in [5, 5.41) is 14.7. The Bertz CT molecular complexity index is 833. The monoisotopic (exact) mass is 343 g/mol. The number of hydrazone groups is 1. The summed E-state index contributed by atoms with van der Waals surface area (Å²) in [6.45, 7) is 1.65. The fraction of sp³-hybridized carbons (Fsp3) is 0.176. The molecule has 0 spiro atoms. The molecule has 2 aromatic carbocycles. The smallest absolute Gasteiger partial charge is 0.272 e. The van der Waals surface area contributed by atoms with Crippen LogP contribution in [0.3, 0.4) is 0 Å². The molecule has 0 aliphatic carbocycles. The highest BCUT2D eigenvalue weighted by atomic mass is 16.6. The Balaban J connectivity index is 2.10. The molecular formula is C17H17N3O5. The Morgan fingerprint density at radius 3 is 2.52 bits per heavy atom. The number of nitrogens with one attached hydrogen (secondary N) is 1. The van der Waals surface area contributed by atoms with Gasteiger partial charge in [0.05, 0.1) is 25.4 Å². The SMILES string of the molecule is COc1ccc(C(=O)N/N=C\c2ccc(C)c([N+](=O)[O-])c2)cc1OC. The Morgan fingerprint density at radius 2 is 1.88 bits per heavy atom. The number of aryl methyl sites for hydroxylation is 1. The van der Waals surface area contributed by atoms with Gasteiger partial charge in [-0.05, 0) is 25.1 Å².